The highest BCUT2D eigenvalue weighted by Gasteiger charge is 2.27. The fourth-order valence-corrected chi connectivity index (χ4v) is 3.38. The molecule has 0 heterocycles. The van der Waals surface area contributed by atoms with E-state index >= 15 is 0 Å². The fraction of sp³-hybridized carbons (Fsp3) is 0.467. The molecule has 0 spiro atoms. The van der Waals surface area contributed by atoms with Gasteiger partial charge in [-0.3, -0.25) is 4.79 Å². The molecule has 1 fully saturated rings. The summed E-state index contributed by atoms with van der Waals surface area (Å²) in [5.74, 6) is -0.382. The molecule has 1 saturated carbocycles. The van der Waals surface area contributed by atoms with Crippen LogP contribution in [0.1, 0.15) is 42.5 Å². The molecule has 1 atom stereocenters. The Balaban J connectivity index is 2.10. The zero-order valence-corrected chi connectivity index (χ0v) is 14.0. The molecule has 0 radical (unpaired) electrons. The van der Waals surface area contributed by atoms with Crippen molar-refractivity contribution in [3.63, 3.8) is 0 Å². The van der Waals surface area contributed by atoms with Gasteiger partial charge in [-0.2, -0.15) is 0 Å². The SMILES string of the molecule is NC(=S)C(NC(=O)c1ccc(F)c(Br)c1)C1CCCCC1. The predicted molar refractivity (Wildman–Crippen MR) is 88.7 cm³/mol. The molecule has 0 aliphatic heterocycles. The largest absolute Gasteiger partial charge is 0.392 e. The van der Waals surface area contributed by atoms with E-state index in [1.54, 1.807) is 0 Å². The summed E-state index contributed by atoms with van der Waals surface area (Å²) in [4.78, 5) is 12.6. The zero-order valence-electron chi connectivity index (χ0n) is 11.6. The molecule has 0 saturated heterocycles. The van der Waals surface area contributed by atoms with Crippen LogP contribution in [0.5, 0.6) is 0 Å². The van der Waals surface area contributed by atoms with Crippen molar-refractivity contribution >= 4 is 39.0 Å². The number of rotatable bonds is 4. The van der Waals surface area contributed by atoms with Crippen LogP contribution in [0.25, 0.3) is 0 Å². The van der Waals surface area contributed by atoms with E-state index in [1.807, 2.05) is 0 Å². The van der Waals surface area contributed by atoms with Gasteiger partial charge in [-0.1, -0.05) is 31.5 Å². The summed E-state index contributed by atoms with van der Waals surface area (Å²) in [6.45, 7) is 0. The van der Waals surface area contributed by atoms with Crippen molar-refractivity contribution in [1.82, 2.24) is 5.32 Å². The molecule has 1 amide bonds. The lowest BCUT2D eigenvalue weighted by Gasteiger charge is -2.30. The van der Waals surface area contributed by atoms with Crippen LogP contribution in [0.4, 0.5) is 4.39 Å². The molecular formula is C15H18BrFN2OS. The molecule has 1 aliphatic rings. The van der Waals surface area contributed by atoms with Crippen LogP contribution in [0.2, 0.25) is 0 Å². The van der Waals surface area contributed by atoms with Crippen molar-refractivity contribution in [2.75, 3.05) is 0 Å². The third kappa shape index (κ3) is 4.23. The van der Waals surface area contributed by atoms with E-state index in [1.165, 1.54) is 24.6 Å². The Morgan fingerprint density at radius 2 is 2.05 bits per heavy atom. The minimum absolute atomic E-state index is 0.264. The highest BCUT2D eigenvalue weighted by Crippen LogP contribution is 2.27. The van der Waals surface area contributed by atoms with Crippen molar-refractivity contribution in [3.8, 4) is 0 Å². The first-order chi connectivity index (χ1) is 9.99. The van der Waals surface area contributed by atoms with Crippen molar-refractivity contribution in [2.45, 2.75) is 38.1 Å². The van der Waals surface area contributed by atoms with Crippen molar-refractivity contribution in [2.24, 2.45) is 11.7 Å². The van der Waals surface area contributed by atoms with Crippen LogP contribution in [0.3, 0.4) is 0 Å². The van der Waals surface area contributed by atoms with Crippen molar-refractivity contribution < 1.29 is 9.18 Å². The highest BCUT2D eigenvalue weighted by atomic mass is 79.9. The van der Waals surface area contributed by atoms with E-state index in [2.05, 4.69) is 21.2 Å². The maximum absolute atomic E-state index is 13.2. The second-order valence-corrected chi connectivity index (χ2v) is 6.71. The summed E-state index contributed by atoms with van der Waals surface area (Å²) in [6, 6.07) is 3.88. The number of nitrogens with two attached hydrogens (primary N) is 1. The van der Waals surface area contributed by atoms with E-state index in [9.17, 15) is 9.18 Å². The Labute approximate surface area is 137 Å². The molecule has 3 nitrogen and oxygen atoms in total. The number of benzene rings is 1. The first-order valence-corrected chi connectivity index (χ1v) is 8.24. The average molecular weight is 373 g/mol. The number of carbonyl (C=O) groups is 1. The monoisotopic (exact) mass is 372 g/mol. The maximum atomic E-state index is 13.2. The normalized spacial score (nSPS) is 17.2. The smallest absolute Gasteiger partial charge is 0.251 e. The first-order valence-electron chi connectivity index (χ1n) is 7.04. The van der Waals surface area contributed by atoms with Gasteiger partial charge < -0.3 is 11.1 Å². The summed E-state index contributed by atoms with van der Waals surface area (Å²) in [5.41, 5.74) is 6.18. The number of nitrogens with one attached hydrogen (secondary N) is 1. The van der Waals surface area contributed by atoms with Crippen LogP contribution < -0.4 is 11.1 Å². The maximum Gasteiger partial charge on any atom is 0.251 e. The third-order valence-corrected chi connectivity index (χ3v) is 4.76. The van der Waals surface area contributed by atoms with Gasteiger partial charge in [-0.25, -0.2) is 4.39 Å². The lowest BCUT2D eigenvalue weighted by molar-refractivity contribution is 0.0931. The molecule has 1 aromatic carbocycles. The number of hydrogen-bond acceptors (Lipinski definition) is 2. The molecule has 1 aliphatic carbocycles. The molecule has 0 aromatic heterocycles. The van der Waals surface area contributed by atoms with Crippen LogP contribution in [0, 0.1) is 11.7 Å². The van der Waals surface area contributed by atoms with Gasteiger partial charge in [0, 0.05) is 5.56 Å². The van der Waals surface area contributed by atoms with E-state index < -0.39 is 5.82 Å². The molecule has 1 unspecified atom stereocenters. The Kier molecular flexibility index (Phi) is 5.70. The number of carbonyl (C=O) groups excluding carboxylic acids is 1. The van der Waals surface area contributed by atoms with Gasteiger partial charge in [0.1, 0.15) is 5.82 Å². The standard InChI is InChI=1S/C15H18BrFN2OS/c16-11-8-10(6-7-12(11)17)15(20)19-13(14(18)21)9-4-2-1-3-5-9/h6-9,13H,1-5H2,(H2,18,21)(H,19,20). The van der Waals surface area contributed by atoms with Gasteiger partial charge >= 0.3 is 0 Å². The van der Waals surface area contributed by atoms with Gasteiger partial charge in [-0.15, -0.1) is 0 Å². The Bertz CT molecular complexity index is 546. The number of halogens is 2. The van der Waals surface area contributed by atoms with Crippen LogP contribution in [-0.2, 0) is 0 Å². The predicted octanol–water partition coefficient (Wildman–Crippen LogP) is 3.55. The fourth-order valence-electron chi connectivity index (χ4n) is 2.75. The van der Waals surface area contributed by atoms with E-state index in [-0.39, 0.29) is 16.4 Å². The summed E-state index contributed by atoms with van der Waals surface area (Å²) < 4.78 is 13.5. The minimum atomic E-state index is -0.398. The van der Waals surface area contributed by atoms with Gasteiger partial charge in [0.05, 0.1) is 15.5 Å². The van der Waals surface area contributed by atoms with Crippen LogP contribution in [-0.4, -0.2) is 16.9 Å². The Morgan fingerprint density at radius 1 is 1.38 bits per heavy atom. The van der Waals surface area contributed by atoms with Gasteiger partial charge in [0.15, 0.2) is 0 Å². The third-order valence-electron chi connectivity index (χ3n) is 3.90. The average Bonchev–Trinajstić information content (AvgIpc) is 2.48. The molecule has 2 rings (SSSR count). The summed E-state index contributed by atoms with van der Waals surface area (Å²) in [5, 5.41) is 2.90. The second-order valence-electron chi connectivity index (χ2n) is 5.38. The molecule has 21 heavy (non-hydrogen) atoms. The highest BCUT2D eigenvalue weighted by molar-refractivity contribution is 9.10. The first kappa shape index (κ1) is 16.4. The lowest BCUT2D eigenvalue weighted by Crippen LogP contribution is -2.48. The molecule has 6 heteroatoms. The molecular weight excluding hydrogens is 355 g/mol. The lowest BCUT2D eigenvalue weighted by atomic mass is 9.83. The second kappa shape index (κ2) is 7.31. The van der Waals surface area contributed by atoms with Crippen LogP contribution >= 0.6 is 28.1 Å². The van der Waals surface area contributed by atoms with Crippen LogP contribution in [0.15, 0.2) is 22.7 Å². The molecule has 114 valence electrons. The molecule has 1 aromatic rings. The quantitative estimate of drug-likeness (QED) is 0.794. The number of amides is 1. The van der Waals surface area contributed by atoms with Gasteiger partial charge in [-0.05, 0) is 52.9 Å². The number of hydrogen-bond donors (Lipinski definition) is 2. The molecule has 0 bridgehead atoms. The van der Waals surface area contributed by atoms with E-state index in [4.69, 9.17) is 18.0 Å². The van der Waals surface area contributed by atoms with E-state index in [0.717, 1.165) is 25.7 Å². The van der Waals surface area contributed by atoms with Crippen molar-refractivity contribution in [1.29, 1.82) is 0 Å². The Hall–Kier alpha value is -1.01. The summed E-state index contributed by atoms with van der Waals surface area (Å²) >= 11 is 8.19. The zero-order chi connectivity index (χ0) is 15.4. The summed E-state index contributed by atoms with van der Waals surface area (Å²) in [6.07, 6.45) is 5.55. The van der Waals surface area contributed by atoms with E-state index in [0.29, 0.717) is 16.5 Å². The van der Waals surface area contributed by atoms with Gasteiger partial charge in [0.25, 0.3) is 5.91 Å². The molecule has 3 N–H and O–H groups in total. The van der Waals surface area contributed by atoms with Crippen molar-refractivity contribution in [3.05, 3.63) is 34.1 Å². The topological polar surface area (TPSA) is 55.1 Å². The minimum Gasteiger partial charge on any atom is -0.392 e. The number of thiocarbonyl (C=S) groups is 1. The Morgan fingerprint density at radius 3 is 2.62 bits per heavy atom. The summed E-state index contributed by atoms with van der Waals surface area (Å²) in [7, 11) is 0. The van der Waals surface area contributed by atoms with Gasteiger partial charge in [0.2, 0.25) is 0 Å².